The highest BCUT2D eigenvalue weighted by Gasteiger charge is 2.49. The molecule has 3 heterocycles. The van der Waals surface area contributed by atoms with E-state index in [9.17, 15) is 14.0 Å². The molecule has 2 amide bonds. The summed E-state index contributed by atoms with van der Waals surface area (Å²) in [4.78, 5) is 30.1. The fourth-order valence-corrected chi connectivity index (χ4v) is 5.40. The van der Waals surface area contributed by atoms with Gasteiger partial charge in [-0.15, -0.1) is 11.3 Å². The molecule has 2 aromatic heterocycles. The summed E-state index contributed by atoms with van der Waals surface area (Å²) in [7, 11) is 3.06. The fourth-order valence-electron chi connectivity index (χ4n) is 4.50. The number of carbonyl (C=O) groups excluding carboxylic acids is 2. The minimum atomic E-state index is -1.27. The zero-order valence-corrected chi connectivity index (χ0v) is 20.3. The highest BCUT2D eigenvalue weighted by Crippen LogP contribution is 2.39. The fraction of sp³-hybridized carbons (Fsp3) is 0.231. The second kappa shape index (κ2) is 8.74. The van der Waals surface area contributed by atoms with Gasteiger partial charge in [0.15, 0.2) is 0 Å². The second-order valence-corrected chi connectivity index (χ2v) is 9.49. The van der Waals surface area contributed by atoms with Gasteiger partial charge in [0.2, 0.25) is 5.91 Å². The molecule has 0 radical (unpaired) electrons. The van der Waals surface area contributed by atoms with Gasteiger partial charge in [0, 0.05) is 30.1 Å². The molecule has 7 nitrogen and oxygen atoms in total. The standard InChI is InChI=1S/C26H24FN3O4S/c1-26(25(32)28-14-16-4-6-18(27)7-5-16)15-29-22(10-17-8-9-35-24(17)29)23(31)30(26)19-11-20(33-2)13-21(12-19)34-3/h4-13H,14-15H2,1-3H3,(H,28,32)/t26-/m1/s1. The van der Waals surface area contributed by atoms with Gasteiger partial charge in [-0.1, -0.05) is 12.1 Å². The number of nitrogens with one attached hydrogen (secondary N) is 1. The molecular weight excluding hydrogens is 469 g/mol. The number of hydrogen-bond acceptors (Lipinski definition) is 5. The Labute approximate surface area is 205 Å². The first-order valence-electron chi connectivity index (χ1n) is 11.0. The van der Waals surface area contributed by atoms with Crippen LogP contribution in [0.4, 0.5) is 10.1 Å². The quantitative estimate of drug-likeness (QED) is 0.426. The molecule has 0 saturated carbocycles. The number of hydrogen-bond donors (Lipinski definition) is 1. The number of ether oxygens (including phenoxy) is 2. The van der Waals surface area contributed by atoms with Crippen LogP contribution in [-0.4, -0.2) is 36.1 Å². The summed E-state index contributed by atoms with van der Waals surface area (Å²) in [5.74, 6) is 0.0323. The Morgan fingerprint density at radius 3 is 2.43 bits per heavy atom. The van der Waals surface area contributed by atoms with Crippen LogP contribution in [0, 0.1) is 5.82 Å². The molecule has 5 rings (SSSR count). The van der Waals surface area contributed by atoms with Crippen molar-refractivity contribution in [3.63, 3.8) is 0 Å². The lowest BCUT2D eigenvalue weighted by Crippen LogP contribution is -2.64. The Morgan fingerprint density at radius 1 is 1.09 bits per heavy atom. The van der Waals surface area contributed by atoms with Crippen molar-refractivity contribution < 1.29 is 23.5 Å². The Hall–Kier alpha value is -3.85. The number of amides is 2. The van der Waals surface area contributed by atoms with E-state index in [1.54, 1.807) is 37.3 Å². The van der Waals surface area contributed by atoms with E-state index in [0.717, 1.165) is 15.8 Å². The average molecular weight is 494 g/mol. The summed E-state index contributed by atoms with van der Waals surface area (Å²) >= 11 is 1.53. The molecule has 0 bridgehead atoms. The van der Waals surface area contributed by atoms with Gasteiger partial charge in [-0.05, 0) is 42.1 Å². The molecule has 1 N–H and O–H groups in total. The van der Waals surface area contributed by atoms with Gasteiger partial charge in [0.25, 0.3) is 5.91 Å². The third-order valence-electron chi connectivity index (χ3n) is 6.33. The molecule has 0 spiro atoms. The molecule has 9 heteroatoms. The molecule has 0 aliphatic carbocycles. The van der Waals surface area contributed by atoms with Crippen LogP contribution in [0.1, 0.15) is 23.0 Å². The van der Waals surface area contributed by atoms with Gasteiger partial charge in [-0.25, -0.2) is 4.39 Å². The van der Waals surface area contributed by atoms with Crippen molar-refractivity contribution in [2.24, 2.45) is 0 Å². The monoisotopic (exact) mass is 493 g/mol. The Bertz CT molecular complexity index is 1410. The summed E-state index contributed by atoms with van der Waals surface area (Å²) in [6.45, 7) is 2.21. The van der Waals surface area contributed by atoms with E-state index in [-0.39, 0.29) is 30.7 Å². The maximum Gasteiger partial charge on any atom is 0.275 e. The van der Waals surface area contributed by atoms with Crippen molar-refractivity contribution in [3.05, 3.63) is 77.1 Å². The van der Waals surface area contributed by atoms with Crippen molar-refractivity contribution in [3.8, 4) is 11.5 Å². The van der Waals surface area contributed by atoms with Crippen LogP contribution in [0.5, 0.6) is 11.5 Å². The number of halogens is 1. The lowest BCUT2D eigenvalue weighted by Gasteiger charge is -2.44. The number of anilines is 1. The van der Waals surface area contributed by atoms with Crippen LogP contribution in [0.25, 0.3) is 10.2 Å². The molecule has 1 atom stereocenters. The molecule has 180 valence electrons. The van der Waals surface area contributed by atoms with Crippen LogP contribution in [0.3, 0.4) is 0 Å². The number of fused-ring (bicyclic) bond motifs is 3. The van der Waals surface area contributed by atoms with Gasteiger partial charge >= 0.3 is 0 Å². The van der Waals surface area contributed by atoms with E-state index in [2.05, 4.69) is 5.32 Å². The summed E-state index contributed by atoms with van der Waals surface area (Å²) in [6, 6.07) is 14.9. The van der Waals surface area contributed by atoms with Crippen LogP contribution >= 0.6 is 11.3 Å². The van der Waals surface area contributed by atoms with E-state index in [4.69, 9.17) is 9.47 Å². The van der Waals surface area contributed by atoms with Gasteiger partial charge < -0.3 is 19.4 Å². The minimum Gasteiger partial charge on any atom is -0.497 e. The van der Waals surface area contributed by atoms with Crippen LogP contribution in [0.2, 0.25) is 0 Å². The zero-order valence-electron chi connectivity index (χ0n) is 19.5. The molecule has 0 saturated heterocycles. The summed E-state index contributed by atoms with van der Waals surface area (Å²) in [5.41, 5.74) is 0.485. The van der Waals surface area contributed by atoms with Crippen molar-refractivity contribution in [1.82, 2.24) is 9.88 Å². The largest absolute Gasteiger partial charge is 0.497 e. The molecule has 1 aliphatic heterocycles. The molecular formula is C26H24FN3O4S. The predicted molar refractivity (Wildman–Crippen MR) is 133 cm³/mol. The normalized spacial score (nSPS) is 17.4. The number of thiophene rings is 1. The minimum absolute atomic E-state index is 0.200. The highest BCUT2D eigenvalue weighted by atomic mass is 32.1. The van der Waals surface area contributed by atoms with Crippen molar-refractivity contribution in [2.75, 3.05) is 19.1 Å². The lowest BCUT2D eigenvalue weighted by molar-refractivity contribution is -0.126. The van der Waals surface area contributed by atoms with Gasteiger partial charge in [-0.2, -0.15) is 0 Å². The second-order valence-electron chi connectivity index (χ2n) is 8.59. The molecule has 2 aromatic carbocycles. The van der Waals surface area contributed by atoms with Gasteiger partial charge in [0.05, 0.1) is 26.5 Å². The molecule has 0 fully saturated rings. The van der Waals surface area contributed by atoms with E-state index in [1.165, 1.54) is 42.6 Å². The molecule has 35 heavy (non-hydrogen) atoms. The smallest absolute Gasteiger partial charge is 0.275 e. The topological polar surface area (TPSA) is 72.8 Å². The first-order chi connectivity index (χ1) is 16.8. The average Bonchev–Trinajstić information content (AvgIpc) is 3.45. The lowest BCUT2D eigenvalue weighted by atomic mass is 9.93. The maximum atomic E-state index is 13.9. The number of benzene rings is 2. The van der Waals surface area contributed by atoms with Gasteiger partial charge in [0.1, 0.15) is 33.4 Å². The summed E-state index contributed by atoms with van der Waals surface area (Å²) < 4.78 is 26.0. The first-order valence-corrected chi connectivity index (χ1v) is 11.9. The molecule has 4 aromatic rings. The van der Waals surface area contributed by atoms with E-state index in [0.29, 0.717) is 22.9 Å². The van der Waals surface area contributed by atoms with Crippen molar-refractivity contribution in [1.29, 1.82) is 0 Å². The molecule has 1 aliphatic rings. The Morgan fingerprint density at radius 2 is 1.77 bits per heavy atom. The van der Waals surface area contributed by atoms with Crippen LogP contribution in [0.15, 0.2) is 60.0 Å². The molecule has 0 unspecified atom stereocenters. The van der Waals surface area contributed by atoms with Crippen LogP contribution in [-0.2, 0) is 17.9 Å². The number of methoxy groups -OCH3 is 2. The number of carbonyl (C=O) groups is 2. The van der Waals surface area contributed by atoms with Crippen LogP contribution < -0.4 is 19.7 Å². The third kappa shape index (κ3) is 3.91. The highest BCUT2D eigenvalue weighted by molar-refractivity contribution is 7.16. The van der Waals surface area contributed by atoms with E-state index < -0.39 is 5.54 Å². The predicted octanol–water partition coefficient (Wildman–Crippen LogP) is 4.59. The summed E-state index contributed by atoms with van der Waals surface area (Å²) in [5, 5.41) is 5.87. The van der Waals surface area contributed by atoms with Crippen molar-refractivity contribution >= 4 is 39.1 Å². The van der Waals surface area contributed by atoms with Crippen molar-refractivity contribution in [2.45, 2.75) is 25.6 Å². The van der Waals surface area contributed by atoms with E-state index >= 15 is 0 Å². The number of aromatic nitrogens is 1. The third-order valence-corrected chi connectivity index (χ3v) is 7.29. The Kier molecular flexibility index (Phi) is 5.72. The maximum absolute atomic E-state index is 13.9. The Balaban J connectivity index is 1.59. The van der Waals surface area contributed by atoms with Gasteiger partial charge in [-0.3, -0.25) is 14.5 Å². The SMILES string of the molecule is COc1cc(OC)cc(N2C(=O)c3cc4ccsc4n3C[C@]2(C)C(=O)NCc2ccc(F)cc2)c1. The van der Waals surface area contributed by atoms with E-state index in [1.807, 2.05) is 22.1 Å². The zero-order chi connectivity index (χ0) is 24.7. The first kappa shape index (κ1) is 22.9. The summed E-state index contributed by atoms with van der Waals surface area (Å²) in [6.07, 6.45) is 0. The number of rotatable bonds is 6. The number of nitrogens with zero attached hydrogens (tertiary/aromatic N) is 2.